The molecule has 6 nitrogen and oxygen atoms in total. The lowest BCUT2D eigenvalue weighted by molar-refractivity contribution is -0.131. The summed E-state index contributed by atoms with van der Waals surface area (Å²) in [5.74, 6) is -1.12. The second kappa shape index (κ2) is 7.92. The second-order valence-corrected chi connectivity index (χ2v) is 6.71. The Labute approximate surface area is 160 Å². The Morgan fingerprint density at radius 2 is 1.96 bits per heavy atom. The average Bonchev–Trinajstić information content (AvgIpc) is 3.19. The van der Waals surface area contributed by atoms with E-state index in [1.54, 1.807) is 29.5 Å². The molecule has 0 amide bonds. The fraction of sp³-hybridized carbons (Fsp3) is 0.100. The quantitative estimate of drug-likeness (QED) is 0.362. The minimum atomic E-state index is -1.48. The third-order valence-electron chi connectivity index (χ3n) is 3.91. The van der Waals surface area contributed by atoms with E-state index < -0.39 is 11.8 Å². The predicted molar refractivity (Wildman–Crippen MR) is 106 cm³/mol. The summed E-state index contributed by atoms with van der Waals surface area (Å²) < 4.78 is 0. The molecular formula is C20H17N3O3S. The van der Waals surface area contributed by atoms with E-state index in [4.69, 9.17) is 5.11 Å². The lowest BCUT2D eigenvalue weighted by Crippen LogP contribution is -2.12. The van der Waals surface area contributed by atoms with Crippen LogP contribution in [-0.4, -0.2) is 26.8 Å². The van der Waals surface area contributed by atoms with Crippen molar-refractivity contribution in [1.29, 1.82) is 0 Å². The minimum Gasteiger partial charge on any atom is -0.475 e. The van der Waals surface area contributed by atoms with Crippen molar-refractivity contribution in [3.63, 3.8) is 0 Å². The van der Waals surface area contributed by atoms with Crippen molar-refractivity contribution in [2.75, 3.05) is 5.32 Å². The molecule has 0 unspecified atom stereocenters. The number of hydrogen-bond acceptors (Lipinski definition) is 6. The number of ketones is 1. The lowest BCUT2D eigenvalue weighted by atomic mass is 10.1. The molecule has 0 bridgehead atoms. The van der Waals surface area contributed by atoms with E-state index in [2.05, 4.69) is 21.9 Å². The van der Waals surface area contributed by atoms with Crippen LogP contribution in [0.15, 0.2) is 54.4 Å². The molecule has 2 heterocycles. The molecule has 2 aromatic heterocycles. The van der Waals surface area contributed by atoms with Crippen LogP contribution in [0.5, 0.6) is 0 Å². The number of nitrogens with one attached hydrogen (secondary N) is 1. The van der Waals surface area contributed by atoms with E-state index in [1.165, 1.54) is 12.1 Å². The van der Waals surface area contributed by atoms with Gasteiger partial charge in [-0.25, -0.2) is 14.8 Å². The molecule has 0 saturated heterocycles. The van der Waals surface area contributed by atoms with Crippen molar-refractivity contribution in [2.45, 2.75) is 13.3 Å². The van der Waals surface area contributed by atoms with Crippen molar-refractivity contribution >= 4 is 34.6 Å². The van der Waals surface area contributed by atoms with Gasteiger partial charge in [0.05, 0.1) is 4.88 Å². The number of anilines is 2. The third kappa shape index (κ3) is 4.09. The van der Waals surface area contributed by atoms with E-state index in [0.29, 0.717) is 23.8 Å². The number of rotatable bonds is 7. The molecule has 0 aliphatic rings. The van der Waals surface area contributed by atoms with Gasteiger partial charge in [-0.2, -0.15) is 0 Å². The highest BCUT2D eigenvalue weighted by molar-refractivity contribution is 7.13. The van der Waals surface area contributed by atoms with Gasteiger partial charge < -0.3 is 10.4 Å². The maximum Gasteiger partial charge on any atom is 0.377 e. The monoisotopic (exact) mass is 379 g/mol. The molecule has 27 heavy (non-hydrogen) atoms. The lowest BCUT2D eigenvalue weighted by Gasteiger charge is -2.14. The van der Waals surface area contributed by atoms with Crippen LogP contribution in [0.1, 0.15) is 21.6 Å². The fourth-order valence-corrected chi connectivity index (χ4v) is 3.23. The second-order valence-electron chi connectivity index (χ2n) is 5.77. The van der Waals surface area contributed by atoms with Crippen LogP contribution in [0, 0.1) is 6.92 Å². The number of carboxylic acid groups (broad SMARTS) is 1. The van der Waals surface area contributed by atoms with Crippen LogP contribution in [0.3, 0.4) is 0 Å². The highest BCUT2D eigenvalue weighted by atomic mass is 32.1. The zero-order chi connectivity index (χ0) is 19.4. The summed E-state index contributed by atoms with van der Waals surface area (Å²) in [5.41, 5.74) is 2.60. The Bertz CT molecular complexity index is 996. The zero-order valence-electron chi connectivity index (χ0n) is 14.6. The molecule has 0 fully saturated rings. The molecular weight excluding hydrogens is 362 g/mol. The van der Waals surface area contributed by atoms with Crippen LogP contribution in [-0.2, 0) is 11.2 Å². The third-order valence-corrected chi connectivity index (χ3v) is 4.77. The molecule has 3 rings (SSSR count). The smallest absolute Gasteiger partial charge is 0.377 e. The molecule has 136 valence electrons. The first-order valence-electron chi connectivity index (χ1n) is 8.16. The summed E-state index contributed by atoms with van der Waals surface area (Å²) in [4.78, 5) is 32.5. The van der Waals surface area contributed by atoms with Gasteiger partial charge in [0.25, 0.3) is 5.78 Å². The van der Waals surface area contributed by atoms with Gasteiger partial charge in [-0.05, 0) is 49.1 Å². The minimum absolute atomic E-state index is 0.123. The fourth-order valence-electron chi connectivity index (χ4n) is 2.57. The van der Waals surface area contributed by atoms with Gasteiger partial charge in [-0.3, -0.25) is 4.79 Å². The number of carbonyl (C=O) groups excluding carboxylic acids is 1. The summed E-state index contributed by atoms with van der Waals surface area (Å²) in [7, 11) is 0. The van der Waals surface area contributed by atoms with Crippen molar-refractivity contribution in [3.8, 4) is 10.7 Å². The van der Waals surface area contributed by atoms with Crippen LogP contribution in [0.4, 0.5) is 11.5 Å². The van der Waals surface area contributed by atoms with Crippen LogP contribution in [0.25, 0.3) is 10.7 Å². The van der Waals surface area contributed by atoms with E-state index in [0.717, 1.165) is 16.1 Å². The van der Waals surface area contributed by atoms with Crippen LogP contribution >= 0.6 is 11.3 Å². The van der Waals surface area contributed by atoms with Gasteiger partial charge in [0.1, 0.15) is 5.82 Å². The van der Waals surface area contributed by atoms with Gasteiger partial charge in [0.2, 0.25) is 0 Å². The molecule has 0 atom stereocenters. The number of carbonyl (C=O) groups is 2. The highest BCUT2D eigenvalue weighted by Crippen LogP contribution is 2.28. The van der Waals surface area contributed by atoms with E-state index >= 15 is 0 Å². The Kier molecular flexibility index (Phi) is 5.42. The van der Waals surface area contributed by atoms with Crippen LogP contribution in [0.2, 0.25) is 0 Å². The maximum absolute atomic E-state index is 11.5. The molecule has 0 saturated carbocycles. The Hall–Kier alpha value is -3.32. The zero-order valence-corrected chi connectivity index (χ0v) is 15.4. The van der Waals surface area contributed by atoms with Gasteiger partial charge >= 0.3 is 5.97 Å². The van der Waals surface area contributed by atoms with E-state index in [1.807, 2.05) is 24.4 Å². The predicted octanol–water partition coefficient (Wildman–Crippen LogP) is 4.25. The maximum atomic E-state index is 11.5. The number of aliphatic carboxylic acids is 1. The van der Waals surface area contributed by atoms with Crippen molar-refractivity contribution in [2.24, 2.45) is 0 Å². The Balaban J connectivity index is 1.96. The number of carboxylic acids is 1. The number of thiophene rings is 1. The SMILES string of the molecule is C=CCc1c(C)nc(-c2cccs2)nc1Nc1ccc(C(=O)C(=O)O)cc1. The highest BCUT2D eigenvalue weighted by Gasteiger charge is 2.15. The van der Waals surface area contributed by atoms with E-state index in [-0.39, 0.29) is 5.56 Å². The number of allylic oxidation sites excluding steroid dienone is 1. The van der Waals surface area contributed by atoms with Crippen molar-refractivity contribution in [1.82, 2.24) is 9.97 Å². The summed E-state index contributed by atoms with van der Waals surface area (Å²) in [6.45, 7) is 5.72. The number of aromatic nitrogens is 2. The summed E-state index contributed by atoms with van der Waals surface area (Å²) >= 11 is 1.56. The average molecular weight is 379 g/mol. The number of benzene rings is 1. The summed E-state index contributed by atoms with van der Waals surface area (Å²) in [5, 5.41) is 14.0. The van der Waals surface area contributed by atoms with Crippen molar-refractivity contribution in [3.05, 3.63) is 71.3 Å². The number of nitrogens with zero attached hydrogens (tertiary/aromatic N) is 2. The summed E-state index contributed by atoms with van der Waals surface area (Å²) in [6, 6.07) is 10.1. The van der Waals surface area contributed by atoms with Crippen molar-refractivity contribution < 1.29 is 14.7 Å². The summed E-state index contributed by atoms with van der Waals surface area (Å²) in [6.07, 6.45) is 2.39. The molecule has 3 aromatic rings. The molecule has 0 aliphatic carbocycles. The van der Waals surface area contributed by atoms with Gasteiger partial charge in [0, 0.05) is 22.5 Å². The van der Waals surface area contributed by atoms with E-state index in [9.17, 15) is 9.59 Å². The first-order valence-corrected chi connectivity index (χ1v) is 9.04. The number of aryl methyl sites for hydroxylation is 1. The first kappa shape index (κ1) is 18.5. The molecule has 7 heteroatoms. The van der Waals surface area contributed by atoms with Crippen LogP contribution < -0.4 is 5.32 Å². The Morgan fingerprint density at radius 1 is 1.22 bits per heavy atom. The molecule has 0 spiro atoms. The Morgan fingerprint density at radius 3 is 2.56 bits per heavy atom. The standard InChI is InChI=1S/C20H17N3O3S/c1-3-5-15-12(2)21-19(16-6-4-11-27-16)23-18(15)22-14-9-7-13(8-10-14)17(24)20(25)26/h3-4,6-11H,1,5H2,2H3,(H,25,26)(H,21,22,23). The molecule has 0 aliphatic heterocycles. The van der Waals surface area contributed by atoms with Gasteiger partial charge in [-0.1, -0.05) is 12.1 Å². The molecule has 0 radical (unpaired) electrons. The normalized spacial score (nSPS) is 10.4. The molecule has 2 N–H and O–H groups in total. The van der Waals surface area contributed by atoms with Gasteiger partial charge in [-0.15, -0.1) is 17.9 Å². The van der Waals surface area contributed by atoms with Gasteiger partial charge in [0.15, 0.2) is 5.82 Å². The number of Topliss-reactive ketones (excluding diaryl/α,β-unsaturated/α-hetero) is 1. The number of hydrogen-bond donors (Lipinski definition) is 2. The molecule has 1 aromatic carbocycles. The largest absolute Gasteiger partial charge is 0.475 e. The first-order chi connectivity index (χ1) is 13.0. The topological polar surface area (TPSA) is 92.2 Å².